The summed E-state index contributed by atoms with van der Waals surface area (Å²) in [5.41, 5.74) is 1.25. The zero-order valence-electron chi connectivity index (χ0n) is 15.0. The molecule has 3 saturated heterocycles. The van der Waals surface area contributed by atoms with Crippen LogP contribution in [0.4, 0.5) is 0 Å². The summed E-state index contributed by atoms with van der Waals surface area (Å²) in [5, 5.41) is 4.77. The highest BCUT2D eigenvalue weighted by molar-refractivity contribution is 6.31. The van der Waals surface area contributed by atoms with Crippen LogP contribution in [0.3, 0.4) is 0 Å². The number of rotatable bonds is 5. The first-order valence-corrected chi connectivity index (χ1v) is 10.2. The summed E-state index contributed by atoms with van der Waals surface area (Å²) >= 11 is 6.54. The summed E-state index contributed by atoms with van der Waals surface area (Å²) < 4.78 is 5.56. The van der Waals surface area contributed by atoms with E-state index in [4.69, 9.17) is 16.3 Å². The van der Waals surface area contributed by atoms with E-state index in [2.05, 4.69) is 27.2 Å². The summed E-state index contributed by atoms with van der Waals surface area (Å²) in [4.78, 5) is 5.22. The van der Waals surface area contributed by atoms with E-state index in [1.165, 1.54) is 44.3 Å². The molecule has 1 aromatic carbocycles. The van der Waals surface area contributed by atoms with E-state index in [9.17, 15) is 0 Å². The molecule has 0 aliphatic carbocycles. The highest BCUT2D eigenvalue weighted by atomic mass is 35.5. The first-order chi connectivity index (χ1) is 12.3. The van der Waals surface area contributed by atoms with Gasteiger partial charge in [-0.1, -0.05) is 29.8 Å². The average Bonchev–Trinajstić information content (AvgIpc) is 3.12. The molecule has 5 heteroatoms. The molecule has 138 valence electrons. The number of nitrogens with zero attached hydrogens (tertiary/aromatic N) is 2. The van der Waals surface area contributed by atoms with Gasteiger partial charge >= 0.3 is 0 Å². The molecule has 1 N–H and O–H groups in total. The quantitative estimate of drug-likeness (QED) is 0.870. The molecule has 0 bridgehead atoms. The number of halogens is 1. The Morgan fingerprint density at radius 1 is 1.12 bits per heavy atom. The van der Waals surface area contributed by atoms with Gasteiger partial charge in [0.1, 0.15) is 0 Å². The lowest BCUT2D eigenvalue weighted by atomic mass is 9.96. The van der Waals surface area contributed by atoms with Crippen LogP contribution in [-0.4, -0.2) is 67.8 Å². The maximum absolute atomic E-state index is 6.54. The first-order valence-electron chi connectivity index (χ1n) is 9.85. The van der Waals surface area contributed by atoms with Crippen LogP contribution in [0.25, 0.3) is 0 Å². The van der Waals surface area contributed by atoms with E-state index in [-0.39, 0.29) is 0 Å². The SMILES string of the molecule is Clc1ccccc1[C@H](CN[C@H]1CCN2CCC[C@H]2C1)N1CCOCC1. The Morgan fingerprint density at radius 2 is 1.96 bits per heavy atom. The Morgan fingerprint density at radius 3 is 2.80 bits per heavy atom. The van der Waals surface area contributed by atoms with E-state index in [1.807, 2.05) is 12.1 Å². The van der Waals surface area contributed by atoms with Gasteiger partial charge in [0.15, 0.2) is 0 Å². The zero-order chi connectivity index (χ0) is 17.1. The maximum atomic E-state index is 6.54. The van der Waals surface area contributed by atoms with E-state index >= 15 is 0 Å². The second kappa shape index (κ2) is 8.36. The Labute approximate surface area is 156 Å². The van der Waals surface area contributed by atoms with E-state index in [1.54, 1.807) is 0 Å². The zero-order valence-corrected chi connectivity index (χ0v) is 15.8. The Hall–Kier alpha value is -0.650. The predicted molar refractivity (Wildman–Crippen MR) is 102 cm³/mol. The largest absolute Gasteiger partial charge is 0.379 e. The standard InChI is InChI=1S/C20H30ClN3O/c21-19-6-2-1-5-18(19)20(24-10-12-25-13-11-24)15-22-16-7-9-23-8-3-4-17(23)14-16/h1-2,5-6,16-17,20,22H,3-4,7-15H2/t16-,17-,20-/m0/s1. The van der Waals surface area contributed by atoms with Crippen LogP contribution in [0.15, 0.2) is 24.3 Å². The minimum atomic E-state index is 0.333. The van der Waals surface area contributed by atoms with Crippen LogP contribution in [0.1, 0.15) is 37.3 Å². The van der Waals surface area contributed by atoms with Crippen LogP contribution in [0.5, 0.6) is 0 Å². The summed E-state index contributed by atoms with van der Waals surface area (Å²) in [7, 11) is 0. The molecule has 1 aromatic rings. The molecule has 4 rings (SSSR count). The number of ether oxygens (including phenoxy) is 1. The van der Waals surface area contributed by atoms with Crippen molar-refractivity contribution in [3.63, 3.8) is 0 Å². The van der Waals surface area contributed by atoms with Gasteiger partial charge in [-0.05, 0) is 50.4 Å². The molecular weight excluding hydrogens is 334 g/mol. The fourth-order valence-electron chi connectivity index (χ4n) is 4.76. The van der Waals surface area contributed by atoms with Gasteiger partial charge in [0.25, 0.3) is 0 Å². The minimum Gasteiger partial charge on any atom is -0.379 e. The van der Waals surface area contributed by atoms with Crippen molar-refractivity contribution in [2.24, 2.45) is 0 Å². The van der Waals surface area contributed by atoms with E-state index in [0.717, 1.165) is 43.9 Å². The smallest absolute Gasteiger partial charge is 0.0594 e. The maximum Gasteiger partial charge on any atom is 0.0594 e. The summed E-state index contributed by atoms with van der Waals surface area (Å²) in [6.45, 7) is 7.16. The lowest BCUT2D eigenvalue weighted by molar-refractivity contribution is 0.0149. The number of fused-ring (bicyclic) bond motifs is 1. The molecule has 4 nitrogen and oxygen atoms in total. The van der Waals surface area contributed by atoms with Crippen LogP contribution >= 0.6 is 11.6 Å². The number of hydrogen-bond acceptors (Lipinski definition) is 4. The number of morpholine rings is 1. The third-order valence-electron chi connectivity index (χ3n) is 6.17. The van der Waals surface area contributed by atoms with Crippen molar-refractivity contribution in [2.75, 3.05) is 45.9 Å². The molecule has 0 amide bonds. The molecule has 0 unspecified atom stereocenters. The van der Waals surface area contributed by atoms with Gasteiger partial charge in [-0.3, -0.25) is 4.90 Å². The minimum absolute atomic E-state index is 0.333. The van der Waals surface area contributed by atoms with Gasteiger partial charge in [0.2, 0.25) is 0 Å². The van der Waals surface area contributed by atoms with Crippen molar-refractivity contribution in [3.05, 3.63) is 34.9 Å². The second-order valence-electron chi connectivity index (χ2n) is 7.65. The van der Waals surface area contributed by atoms with Gasteiger partial charge in [0.05, 0.1) is 13.2 Å². The van der Waals surface area contributed by atoms with Crippen molar-refractivity contribution in [2.45, 2.75) is 43.8 Å². The third kappa shape index (κ3) is 4.20. The topological polar surface area (TPSA) is 27.7 Å². The monoisotopic (exact) mass is 363 g/mol. The number of piperidine rings is 1. The van der Waals surface area contributed by atoms with Gasteiger partial charge in [-0.25, -0.2) is 0 Å². The van der Waals surface area contributed by atoms with Gasteiger partial charge in [-0.15, -0.1) is 0 Å². The molecule has 0 spiro atoms. The fourth-order valence-corrected chi connectivity index (χ4v) is 5.02. The number of hydrogen-bond donors (Lipinski definition) is 1. The average molecular weight is 364 g/mol. The normalized spacial score (nSPS) is 29.5. The molecule has 3 fully saturated rings. The van der Waals surface area contributed by atoms with Gasteiger partial charge in [-0.2, -0.15) is 0 Å². The molecule has 0 radical (unpaired) electrons. The van der Waals surface area contributed by atoms with Crippen molar-refractivity contribution < 1.29 is 4.74 Å². The van der Waals surface area contributed by atoms with Crippen molar-refractivity contribution >= 4 is 11.6 Å². The molecule has 3 aliphatic heterocycles. The molecule has 0 aromatic heterocycles. The summed E-state index contributed by atoms with van der Waals surface area (Å²) in [5.74, 6) is 0. The van der Waals surface area contributed by atoms with Gasteiger partial charge < -0.3 is 15.0 Å². The molecule has 25 heavy (non-hydrogen) atoms. The molecular formula is C20H30ClN3O. The fraction of sp³-hybridized carbons (Fsp3) is 0.700. The lowest BCUT2D eigenvalue weighted by Crippen LogP contribution is -2.49. The first kappa shape index (κ1) is 17.7. The van der Waals surface area contributed by atoms with E-state index in [0.29, 0.717) is 12.1 Å². The van der Waals surface area contributed by atoms with Gasteiger partial charge in [0, 0.05) is 42.8 Å². The molecule has 3 heterocycles. The Kier molecular flexibility index (Phi) is 5.94. The summed E-state index contributed by atoms with van der Waals surface area (Å²) in [6, 6.07) is 10.1. The number of nitrogens with one attached hydrogen (secondary N) is 1. The summed E-state index contributed by atoms with van der Waals surface area (Å²) in [6.07, 6.45) is 5.34. The van der Waals surface area contributed by atoms with Crippen LogP contribution < -0.4 is 5.32 Å². The lowest BCUT2D eigenvalue weighted by Gasteiger charge is -2.39. The van der Waals surface area contributed by atoms with Crippen molar-refractivity contribution in [1.82, 2.24) is 15.1 Å². The van der Waals surface area contributed by atoms with Crippen LogP contribution in [0.2, 0.25) is 5.02 Å². The molecule has 3 atom stereocenters. The van der Waals surface area contributed by atoms with Crippen LogP contribution in [0, 0.1) is 0 Å². The highest BCUT2D eigenvalue weighted by Crippen LogP contribution is 2.30. The molecule has 0 saturated carbocycles. The Balaban J connectivity index is 1.42. The van der Waals surface area contributed by atoms with Crippen LogP contribution in [-0.2, 0) is 4.74 Å². The van der Waals surface area contributed by atoms with Crippen molar-refractivity contribution in [1.29, 1.82) is 0 Å². The predicted octanol–water partition coefficient (Wildman–Crippen LogP) is 2.93. The van der Waals surface area contributed by atoms with E-state index < -0.39 is 0 Å². The Bertz CT molecular complexity index is 564. The number of benzene rings is 1. The molecule has 3 aliphatic rings. The van der Waals surface area contributed by atoms with Crippen molar-refractivity contribution in [3.8, 4) is 0 Å². The highest BCUT2D eigenvalue weighted by Gasteiger charge is 2.32. The third-order valence-corrected chi connectivity index (χ3v) is 6.52. The second-order valence-corrected chi connectivity index (χ2v) is 8.05.